The highest BCUT2D eigenvalue weighted by atomic mass is 19.1. The van der Waals surface area contributed by atoms with Crippen molar-refractivity contribution >= 4 is 17.5 Å². The monoisotopic (exact) mass is 385 g/mol. The number of carbonyl (C=O) groups excluding carboxylic acids is 2. The topological polar surface area (TPSA) is 80.1 Å². The molecule has 0 atom stereocenters. The zero-order chi connectivity index (χ0) is 20.3. The lowest BCUT2D eigenvalue weighted by Crippen LogP contribution is -2.35. The molecule has 0 aliphatic rings. The largest absolute Gasteiger partial charge is 0.330 e. The highest BCUT2D eigenvalue weighted by Crippen LogP contribution is 2.12. The Morgan fingerprint density at radius 1 is 1.11 bits per heavy atom. The number of carbonyl (C=O) groups is 2. The molecule has 0 aliphatic heterocycles. The third-order valence-corrected chi connectivity index (χ3v) is 3.87. The minimum Gasteiger partial charge on any atom is -0.330 e. The molecule has 1 heterocycles. The Balaban J connectivity index is 1.68. The van der Waals surface area contributed by atoms with E-state index in [1.807, 2.05) is 0 Å². The van der Waals surface area contributed by atoms with Crippen molar-refractivity contribution in [2.75, 3.05) is 18.9 Å². The first kappa shape index (κ1) is 19.2. The number of aromatic nitrogens is 3. The molecule has 0 saturated carbocycles. The number of halogens is 2. The molecule has 28 heavy (non-hydrogen) atoms. The summed E-state index contributed by atoms with van der Waals surface area (Å²) in [5, 5.41) is 6.66. The first-order valence-electron chi connectivity index (χ1n) is 8.34. The molecule has 0 fully saturated rings. The summed E-state index contributed by atoms with van der Waals surface area (Å²) in [6, 6.07) is 11.0. The van der Waals surface area contributed by atoms with Crippen LogP contribution in [0, 0.1) is 18.6 Å². The summed E-state index contributed by atoms with van der Waals surface area (Å²) in [6.07, 6.45) is 0. The van der Waals surface area contributed by atoms with Crippen LogP contribution in [0.3, 0.4) is 0 Å². The zero-order valence-corrected chi connectivity index (χ0v) is 15.2. The maximum absolute atomic E-state index is 13.2. The molecule has 0 aliphatic carbocycles. The van der Waals surface area contributed by atoms with Crippen molar-refractivity contribution < 1.29 is 18.4 Å². The van der Waals surface area contributed by atoms with Gasteiger partial charge in [0.1, 0.15) is 17.5 Å². The fraction of sp³-hybridized carbons (Fsp3) is 0.158. The standard InChI is InChI=1S/C19H17F2N5O2/c1-12-22-18(24-26(12)16-8-6-13(20)7-9-16)19(28)25(2)11-17(27)23-15-5-3-4-14(21)10-15/h3-10H,11H2,1-2H3,(H,23,27). The predicted molar refractivity (Wildman–Crippen MR) is 98.0 cm³/mol. The maximum Gasteiger partial charge on any atom is 0.293 e. The van der Waals surface area contributed by atoms with Gasteiger partial charge in [-0.2, -0.15) is 0 Å². The normalized spacial score (nSPS) is 10.6. The predicted octanol–water partition coefficient (Wildman–Crippen LogP) is 2.56. The van der Waals surface area contributed by atoms with Gasteiger partial charge in [0.15, 0.2) is 0 Å². The van der Waals surface area contributed by atoms with Gasteiger partial charge in [0.2, 0.25) is 11.7 Å². The first-order chi connectivity index (χ1) is 13.3. The van der Waals surface area contributed by atoms with Crippen molar-refractivity contribution in [3.05, 3.63) is 71.8 Å². The van der Waals surface area contributed by atoms with E-state index in [1.165, 1.54) is 60.3 Å². The van der Waals surface area contributed by atoms with Crippen LogP contribution >= 0.6 is 0 Å². The highest BCUT2D eigenvalue weighted by Gasteiger charge is 2.21. The van der Waals surface area contributed by atoms with E-state index in [1.54, 1.807) is 6.92 Å². The summed E-state index contributed by atoms with van der Waals surface area (Å²) >= 11 is 0. The van der Waals surface area contributed by atoms with Crippen molar-refractivity contribution in [1.82, 2.24) is 19.7 Å². The number of likely N-dealkylation sites (N-methyl/N-ethyl adjacent to an activating group) is 1. The average Bonchev–Trinajstić information content (AvgIpc) is 3.03. The average molecular weight is 385 g/mol. The number of nitrogens with one attached hydrogen (secondary N) is 1. The van der Waals surface area contributed by atoms with Crippen LogP contribution in [0.5, 0.6) is 0 Å². The number of aryl methyl sites for hydroxylation is 1. The van der Waals surface area contributed by atoms with Gasteiger partial charge in [0.25, 0.3) is 5.91 Å². The number of rotatable bonds is 5. The Kier molecular flexibility index (Phi) is 5.44. The van der Waals surface area contributed by atoms with E-state index in [4.69, 9.17) is 0 Å². The van der Waals surface area contributed by atoms with Crippen LogP contribution in [0.4, 0.5) is 14.5 Å². The molecule has 3 rings (SSSR count). The van der Waals surface area contributed by atoms with Gasteiger partial charge in [-0.1, -0.05) is 6.07 Å². The number of hydrogen-bond acceptors (Lipinski definition) is 4. The molecular formula is C19H17F2N5O2. The maximum atomic E-state index is 13.2. The van der Waals surface area contributed by atoms with Crippen molar-refractivity contribution in [2.24, 2.45) is 0 Å². The van der Waals surface area contributed by atoms with Crippen LogP contribution in [0.1, 0.15) is 16.4 Å². The summed E-state index contributed by atoms with van der Waals surface area (Å²) in [7, 11) is 1.43. The molecule has 7 nitrogen and oxygen atoms in total. The minimum atomic E-state index is -0.557. The van der Waals surface area contributed by atoms with Gasteiger partial charge >= 0.3 is 0 Å². The van der Waals surface area contributed by atoms with E-state index in [0.717, 1.165) is 4.90 Å². The van der Waals surface area contributed by atoms with Gasteiger partial charge in [-0.05, 0) is 49.4 Å². The fourth-order valence-electron chi connectivity index (χ4n) is 2.53. The molecule has 9 heteroatoms. The van der Waals surface area contributed by atoms with Crippen LogP contribution in [0.25, 0.3) is 5.69 Å². The van der Waals surface area contributed by atoms with Gasteiger partial charge in [-0.25, -0.2) is 18.4 Å². The van der Waals surface area contributed by atoms with Crippen molar-refractivity contribution in [2.45, 2.75) is 6.92 Å². The molecular weight excluding hydrogens is 368 g/mol. The molecule has 1 N–H and O–H groups in total. The lowest BCUT2D eigenvalue weighted by Gasteiger charge is -2.15. The Bertz CT molecular complexity index is 1020. The lowest BCUT2D eigenvalue weighted by molar-refractivity contribution is -0.116. The molecule has 1 aromatic heterocycles. The van der Waals surface area contributed by atoms with Crippen LogP contribution < -0.4 is 5.32 Å². The molecule has 3 aromatic rings. The van der Waals surface area contributed by atoms with Crippen molar-refractivity contribution in [1.29, 1.82) is 0 Å². The van der Waals surface area contributed by atoms with E-state index < -0.39 is 17.6 Å². The summed E-state index contributed by atoms with van der Waals surface area (Å²) in [4.78, 5) is 29.9. The van der Waals surface area contributed by atoms with E-state index in [9.17, 15) is 18.4 Å². The number of anilines is 1. The zero-order valence-electron chi connectivity index (χ0n) is 15.2. The summed E-state index contributed by atoms with van der Waals surface area (Å²) in [6.45, 7) is 1.39. The number of amides is 2. The van der Waals surface area contributed by atoms with Crippen molar-refractivity contribution in [3.8, 4) is 5.69 Å². The molecule has 144 valence electrons. The van der Waals surface area contributed by atoms with Gasteiger partial charge < -0.3 is 10.2 Å². The van der Waals surface area contributed by atoms with E-state index in [0.29, 0.717) is 17.2 Å². The number of nitrogens with zero attached hydrogens (tertiary/aromatic N) is 4. The molecule has 2 amide bonds. The molecule has 0 unspecified atom stereocenters. The first-order valence-corrected chi connectivity index (χ1v) is 8.34. The summed E-state index contributed by atoms with van der Waals surface area (Å²) in [5.41, 5.74) is 0.845. The van der Waals surface area contributed by atoms with Gasteiger partial charge in [0, 0.05) is 12.7 Å². The van der Waals surface area contributed by atoms with Crippen molar-refractivity contribution in [3.63, 3.8) is 0 Å². The lowest BCUT2D eigenvalue weighted by atomic mass is 10.3. The SMILES string of the molecule is Cc1nc(C(=O)N(C)CC(=O)Nc2cccc(F)c2)nn1-c1ccc(F)cc1. The molecule has 0 saturated heterocycles. The molecule has 0 bridgehead atoms. The third-order valence-electron chi connectivity index (χ3n) is 3.87. The van der Waals surface area contributed by atoms with Crippen LogP contribution in [0.2, 0.25) is 0 Å². The van der Waals surface area contributed by atoms with Crippen LogP contribution in [-0.2, 0) is 4.79 Å². The van der Waals surface area contributed by atoms with E-state index >= 15 is 0 Å². The molecule has 0 radical (unpaired) electrons. The quantitative estimate of drug-likeness (QED) is 0.732. The summed E-state index contributed by atoms with van der Waals surface area (Å²) < 4.78 is 27.7. The number of hydrogen-bond donors (Lipinski definition) is 1. The van der Waals surface area contributed by atoms with E-state index in [2.05, 4.69) is 15.4 Å². The van der Waals surface area contributed by atoms with Crippen LogP contribution in [-0.4, -0.2) is 45.1 Å². The Morgan fingerprint density at radius 2 is 1.82 bits per heavy atom. The minimum absolute atomic E-state index is 0.0946. The van der Waals surface area contributed by atoms with Gasteiger partial charge in [-0.3, -0.25) is 9.59 Å². The number of benzene rings is 2. The molecule has 0 spiro atoms. The second-order valence-electron chi connectivity index (χ2n) is 6.09. The van der Waals surface area contributed by atoms with E-state index in [-0.39, 0.29) is 18.2 Å². The Morgan fingerprint density at radius 3 is 2.50 bits per heavy atom. The fourth-order valence-corrected chi connectivity index (χ4v) is 2.53. The van der Waals surface area contributed by atoms with Gasteiger partial charge in [-0.15, -0.1) is 5.10 Å². The Hall–Kier alpha value is -3.62. The second-order valence-corrected chi connectivity index (χ2v) is 6.09. The smallest absolute Gasteiger partial charge is 0.293 e. The summed E-state index contributed by atoms with van der Waals surface area (Å²) in [5.74, 6) is -1.57. The van der Waals surface area contributed by atoms with Crippen LogP contribution in [0.15, 0.2) is 48.5 Å². The third kappa shape index (κ3) is 4.37. The highest BCUT2D eigenvalue weighted by molar-refractivity contribution is 5.97. The Labute approximate surface area is 159 Å². The van der Waals surface area contributed by atoms with Gasteiger partial charge in [0.05, 0.1) is 12.2 Å². The molecule has 2 aromatic carbocycles. The second kappa shape index (κ2) is 7.95.